The Morgan fingerprint density at radius 2 is 2.10 bits per heavy atom. The third-order valence-corrected chi connectivity index (χ3v) is 3.34. The molecule has 0 bridgehead atoms. The lowest BCUT2D eigenvalue weighted by Gasteiger charge is -2.04. The molecule has 0 unspecified atom stereocenters. The fraction of sp³-hybridized carbons (Fsp3) is 0.286. The van der Waals surface area contributed by atoms with Crippen LogP contribution in [-0.2, 0) is 13.1 Å². The second kappa shape index (κ2) is 5.32. The maximum absolute atomic E-state index is 13.1. The Kier molecular flexibility index (Phi) is 3.37. The molecule has 104 valence electrons. The summed E-state index contributed by atoms with van der Waals surface area (Å²) >= 11 is 0. The van der Waals surface area contributed by atoms with Gasteiger partial charge in [-0.15, -0.1) is 0 Å². The summed E-state index contributed by atoms with van der Waals surface area (Å²) in [5.41, 5.74) is 1.11. The second-order valence-electron chi connectivity index (χ2n) is 4.75. The molecule has 0 aliphatic heterocycles. The predicted molar refractivity (Wildman–Crippen MR) is 74.0 cm³/mol. The van der Waals surface area contributed by atoms with Crippen molar-refractivity contribution in [2.24, 2.45) is 0 Å². The molecule has 0 spiro atoms. The summed E-state index contributed by atoms with van der Waals surface area (Å²) in [4.78, 5) is 18.5. The van der Waals surface area contributed by atoms with Crippen molar-refractivity contribution >= 4 is 11.0 Å². The first-order chi connectivity index (χ1) is 9.74. The summed E-state index contributed by atoms with van der Waals surface area (Å²) in [6.07, 6.45) is 7.28. The monoisotopic (exact) mass is 274 g/mol. The molecule has 0 saturated heterocycles. The number of aromatic nitrogens is 4. The van der Waals surface area contributed by atoms with E-state index in [4.69, 9.17) is 0 Å². The Morgan fingerprint density at radius 3 is 2.90 bits per heavy atom. The fourth-order valence-corrected chi connectivity index (χ4v) is 2.34. The van der Waals surface area contributed by atoms with Gasteiger partial charge in [0, 0.05) is 25.5 Å². The summed E-state index contributed by atoms with van der Waals surface area (Å²) < 4.78 is 16.8. The SMILES string of the molecule is O=c1[nH]c2cc(F)ccc2n1CCCCn1ccnc1. The predicted octanol–water partition coefficient (Wildman–Crippen LogP) is 2.15. The minimum absolute atomic E-state index is 0.187. The fourth-order valence-electron chi connectivity index (χ4n) is 2.34. The van der Waals surface area contributed by atoms with Crippen LogP contribution in [0.5, 0.6) is 0 Å². The molecular weight excluding hydrogens is 259 g/mol. The molecule has 20 heavy (non-hydrogen) atoms. The van der Waals surface area contributed by atoms with Crippen LogP contribution in [0.15, 0.2) is 41.7 Å². The van der Waals surface area contributed by atoms with Crippen LogP contribution in [0, 0.1) is 5.82 Å². The first kappa shape index (κ1) is 12.7. The summed E-state index contributed by atoms with van der Waals surface area (Å²) in [6.45, 7) is 1.50. The van der Waals surface area contributed by atoms with Crippen molar-refractivity contribution in [3.05, 3.63) is 53.2 Å². The van der Waals surface area contributed by atoms with Crippen molar-refractivity contribution in [1.82, 2.24) is 19.1 Å². The van der Waals surface area contributed by atoms with E-state index in [0.29, 0.717) is 12.1 Å². The number of hydrogen-bond donors (Lipinski definition) is 1. The summed E-state index contributed by atoms with van der Waals surface area (Å²) in [7, 11) is 0. The van der Waals surface area contributed by atoms with E-state index in [0.717, 1.165) is 24.9 Å². The van der Waals surface area contributed by atoms with Gasteiger partial charge in [-0.3, -0.25) is 4.57 Å². The van der Waals surface area contributed by atoms with Gasteiger partial charge in [-0.25, -0.2) is 14.2 Å². The Bertz CT molecular complexity index is 757. The molecule has 0 radical (unpaired) electrons. The van der Waals surface area contributed by atoms with Crippen molar-refractivity contribution in [2.75, 3.05) is 0 Å². The van der Waals surface area contributed by atoms with E-state index in [-0.39, 0.29) is 11.5 Å². The largest absolute Gasteiger partial charge is 0.337 e. The maximum Gasteiger partial charge on any atom is 0.326 e. The Hall–Kier alpha value is -2.37. The quantitative estimate of drug-likeness (QED) is 0.725. The van der Waals surface area contributed by atoms with Crippen LogP contribution >= 0.6 is 0 Å². The lowest BCUT2D eigenvalue weighted by molar-refractivity contribution is 0.552. The molecule has 0 amide bonds. The number of aryl methyl sites for hydroxylation is 2. The van der Waals surface area contributed by atoms with E-state index < -0.39 is 0 Å². The average molecular weight is 274 g/mol. The van der Waals surface area contributed by atoms with Gasteiger partial charge in [0.1, 0.15) is 5.82 Å². The van der Waals surface area contributed by atoms with E-state index in [1.54, 1.807) is 23.2 Å². The zero-order valence-electron chi connectivity index (χ0n) is 10.9. The molecule has 0 fully saturated rings. The third kappa shape index (κ3) is 2.49. The van der Waals surface area contributed by atoms with Crippen molar-refractivity contribution in [2.45, 2.75) is 25.9 Å². The van der Waals surface area contributed by atoms with Crippen molar-refractivity contribution in [1.29, 1.82) is 0 Å². The molecule has 0 saturated carbocycles. The molecule has 3 rings (SSSR count). The number of hydrogen-bond acceptors (Lipinski definition) is 2. The number of aromatic amines is 1. The number of imidazole rings is 2. The summed E-state index contributed by atoms with van der Waals surface area (Å²) in [5, 5.41) is 0. The van der Waals surface area contributed by atoms with Gasteiger partial charge in [0.2, 0.25) is 0 Å². The van der Waals surface area contributed by atoms with Gasteiger partial charge in [-0.1, -0.05) is 0 Å². The zero-order chi connectivity index (χ0) is 13.9. The smallest absolute Gasteiger partial charge is 0.326 e. The van der Waals surface area contributed by atoms with E-state index >= 15 is 0 Å². The van der Waals surface area contributed by atoms with Crippen LogP contribution in [0.25, 0.3) is 11.0 Å². The highest BCUT2D eigenvalue weighted by Crippen LogP contribution is 2.12. The van der Waals surface area contributed by atoms with Crippen LogP contribution < -0.4 is 5.69 Å². The van der Waals surface area contributed by atoms with Crippen LogP contribution in [0.4, 0.5) is 4.39 Å². The highest BCUT2D eigenvalue weighted by molar-refractivity contribution is 5.75. The minimum Gasteiger partial charge on any atom is -0.337 e. The number of benzene rings is 1. The number of halogens is 1. The Labute approximate surface area is 114 Å². The van der Waals surface area contributed by atoms with E-state index in [1.165, 1.54) is 12.1 Å². The molecule has 0 aliphatic carbocycles. The zero-order valence-corrected chi connectivity index (χ0v) is 10.9. The third-order valence-electron chi connectivity index (χ3n) is 3.34. The standard InChI is InChI=1S/C14H15FN4O/c15-11-3-4-13-12(9-11)17-14(20)19(13)7-2-1-6-18-8-5-16-10-18/h3-5,8-10H,1-2,6-7H2,(H,17,20). The number of H-pyrrole nitrogens is 1. The van der Waals surface area contributed by atoms with Gasteiger partial charge < -0.3 is 9.55 Å². The van der Waals surface area contributed by atoms with Crippen molar-refractivity contribution in [3.8, 4) is 0 Å². The number of fused-ring (bicyclic) bond motifs is 1. The Morgan fingerprint density at radius 1 is 1.25 bits per heavy atom. The number of rotatable bonds is 5. The molecule has 2 aromatic heterocycles. The molecule has 1 aromatic carbocycles. The Balaban J connectivity index is 1.68. The lowest BCUT2D eigenvalue weighted by atomic mass is 10.2. The normalized spacial score (nSPS) is 11.2. The van der Waals surface area contributed by atoms with E-state index in [1.807, 2.05) is 10.8 Å². The molecule has 5 nitrogen and oxygen atoms in total. The van der Waals surface area contributed by atoms with Gasteiger partial charge in [0.25, 0.3) is 0 Å². The highest BCUT2D eigenvalue weighted by atomic mass is 19.1. The number of nitrogens with one attached hydrogen (secondary N) is 1. The molecule has 0 aliphatic rings. The first-order valence-corrected chi connectivity index (χ1v) is 6.58. The molecule has 0 atom stereocenters. The van der Waals surface area contributed by atoms with Crippen molar-refractivity contribution < 1.29 is 4.39 Å². The first-order valence-electron chi connectivity index (χ1n) is 6.58. The van der Waals surface area contributed by atoms with Crippen LogP contribution in [-0.4, -0.2) is 19.1 Å². The summed E-state index contributed by atoms with van der Waals surface area (Å²) in [6, 6.07) is 4.36. The summed E-state index contributed by atoms with van der Waals surface area (Å²) in [5.74, 6) is -0.342. The van der Waals surface area contributed by atoms with Crippen LogP contribution in [0.2, 0.25) is 0 Å². The van der Waals surface area contributed by atoms with Gasteiger partial charge in [-0.2, -0.15) is 0 Å². The molecule has 3 aromatic rings. The molecule has 2 heterocycles. The number of nitrogens with zero attached hydrogens (tertiary/aromatic N) is 3. The van der Waals surface area contributed by atoms with Crippen molar-refractivity contribution in [3.63, 3.8) is 0 Å². The van der Waals surface area contributed by atoms with E-state index in [2.05, 4.69) is 9.97 Å². The maximum atomic E-state index is 13.1. The topological polar surface area (TPSA) is 55.6 Å². The van der Waals surface area contributed by atoms with Gasteiger partial charge in [-0.05, 0) is 31.0 Å². The van der Waals surface area contributed by atoms with Gasteiger partial charge in [0.15, 0.2) is 0 Å². The molecular formula is C14H15FN4O. The molecule has 6 heteroatoms. The highest BCUT2D eigenvalue weighted by Gasteiger charge is 2.06. The average Bonchev–Trinajstić information content (AvgIpc) is 3.02. The van der Waals surface area contributed by atoms with E-state index in [9.17, 15) is 9.18 Å². The second-order valence-corrected chi connectivity index (χ2v) is 4.75. The lowest BCUT2D eigenvalue weighted by Crippen LogP contribution is -2.16. The van der Waals surface area contributed by atoms with Crippen LogP contribution in [0.1, 0.15) is 12.8 Å². The molecule has 1 N–H and O–H groups in total. The van der Waals surface area contributed by atoms with Gasteiger partial charge >= 0.3 is 5.69 Å². The number of unbranched alkanes of at least 4 members (excludes halogenated alkanes) is 1. The van der Waals surface area contributed by atoms with Crippen LogP contribution in [0.3, 0.4) is 0 Å². The minimum atomic E-state index is -0.342. The van der Waals surface area contributed by atoms with Gasteiger partial charge in [0.05, 0.1) is 17.4 Å².